The Morgan fingerprint density at radius 2 is 1.96 bits per heavy atom. The molecule has 0 atom stereocenters. The highest BCUT2D eigenvalue weighted by atomic mass is 19.3. The fourth-order valence-electron chi connectivity index (χ4n) is 2.90. The van der Waals surface area contributed by atoms with Crippen LogP contribution in [0.25, 0.3) is 0 Å². The number of rotatable bonds is 5. The maximum Gasteiger partial charge on any atom is 0.387 e. The van der Waals surface area contributed by atoms with Gasteiger partial charge in [0.15, 0.2) is 0 Å². The van der Waals surface area contributed by atoms with Crippen molar-refractivity contribution < 1.29 is 18.3 Å². The molecule has 2 heterocycles. The van der Waals surface area contributed by atoms with E-state index in [0.29, 0.717) is 22.7 Å². The van der Waals surface area contributed by atoms with Gasteiger partial charge in [-0.15, -0.1) is 0 Å². The molecular formula is C18H20F2N4O2. The monoisotopic (exact) mass is 362 g/mol. The van der Waals surface area contributed by atoms with E-state index in [0.717, 1.165) is 31.8 Å². The number of alkyl halides is 2. The molecule has 8 heteroatoms. The molecule has 1 aromatic carbocycles. The van der Waals surface area contributed by atoms with Crippen LogP contribution >= 0.6 is 0 Å². The van der Waals surface area contributed by atoms with Crippen molar-refractivity contribution in [3.63, 3.8) is 0 Å². The number of carbonyl (C=O) groups excluding carboxylic acids is 1. The van der Waals surface area contributed by atoms with Crippen LogP contribution in [0.1, 0.15) is 40.5 Å². The fraction of sp³-hybridized carbons (Fsp3) is 0.389. The van der Waals surface area contributed by atoms with E-state index in [2.05, 4.69) is 25.3 Å². The number of aromatic nitrogens is 2. The first-order chi connectivity index (χ1) is 12.5. The maximum atomic E-state index is 12.3. The fourth-order valence-corrected chi connectivity index (χ4v) is 2.90. The summed E-state index contributed by atoms with van der Waals surface area (Å²) < 4.78 is 29.0. The third kappa shape index (κ3) is 4.51. The van der Waals surface area contributed by atoms with E-state index in [-0.39, 0.29) is 11.7 Å². The van der Waals surface area contributed by atoms with Crippen LogP contribution in [0.5, 0.6) is 5.75 Å². The summed E-state index contributed by atoms with van der Waals surface area (Å²) in [4.78, 5) is 21.0. The number of benzene rings is 1. The summed E-state index contributed by atoms with van der Waals surface area (Å²) in [6.07, 6.45) is 5.00. The van der Waals surface area contributed by atoms with Crippen molar-refractivity contribution in [2.75, 3.05) is 18.4 Å². The topological polar surface area (TPSA) is 76.1 Å². The number of halogens is 2. The Morgan fingerprint density at radius 3 is 2.58 bits per heavy atom. The molecule has 0 bridgehead atoms. The number of hydrogen-bond acceptors (Lipinski definition) is 5. The van der Waals surface area contributed by atoms with Crippen molar-refractivity contribution in [1.29, 1.82) is 0 Å². The van der Waals surface area contributed by atoms with Gasteiger partial charge in [0.05, 0.1) is 5.56 Å². The Morgan fingerprint density at radius 1 is 1.27 bits per heavy atom. The normalized spacial score (nSPS) is 15.1. The number of ether oxygens (including phenoxy) is 1. The average Bonchev–Trinajstić information content (AvgIpc) is 2.64. The minimum absolute atomic E-state index is 0.0765. The van der Waals surface area contributed by atoms with Gasteiger partial charge in [0.25, 0.3) is 5.91 Å². The number of aryl methyl sites for hydroxylation is 1. The smallest absolute Gasteiger partial charge is 0.387 e. The Balaban J connectivity index is 1.65. The van der Waals surface area contributed by atoms with Gasteiger partial charge in [-0.25, -0.2) is 9.97 Å². The van der Waals surface area contributed by atoms with E-state index in [4.69, 9.17) is 0 Å². The SMILES string of the molecule is Cc1cc(NC(=O)c2cnc(C3CCNCC3)nc2)ccc1OC(F)F. The second kappa shape index (κ2) is 8.18. The Hall–Kier alpha value is -2.61. The van der Waals surface area contributed by atoms with Gasteiger partial charge < -0.3 is 15.4 Å². The highest BCUT2D eigenvalue weighted by molar-refractivity contribution is 6.03. The summed E-state index contributed by atoms with van der Waals surface area (Å²) >= 11 is 0. The van der Waals surface area contributed by atoms with E-state index in [1.807, 2.05) is 0 Å². The Labute approximate surface area is 150 Å². The van der Waals surface area contributed by atoms with Crippen molar-refractivity contribution in [2.45, 2.75) is 32.3 Å². The second-order valence-electron chi connectivity index (χ2n) is 6.17. The van der Waals surface area contributed by atoms with Crippen LogP contribution in [0.4, 0.5) is 14.5 Å². The molecular weight excluding hydrogens is 342 g/mol. The molecule has 0 aliphatic carbocycles. The standard InChI is InChI=1S/C18H20F2N4O2/c1-11-8-14(2-3-15(11)26-18(19)20)24-17(25)13-9-22-16(23-10-13)12-4-6-21-7-5-12/h2-3,8-10,12,18,21H,4-7H2,1H3,(H,24,25). The summed E-state index contributed by atoms with van der Waals surface area (Å²) in [7, 11) is 0. The largest absolute Gasteiger partial charge is 0.435 e. The van der Waals surface area contributed by atoms with Crippen LogP contribution < -0.4 is 15.4 Å². The van der Waals surface area contributed by atoms with Gasteiger partial charge in [0.1, 0.15) is 11.6 Å². The van der Waals surface area contributed by atoms with E-state index >= 15 is 0 Å². The Bertz CT molecular complexity index is 762. The number of nitrogens with one attached hydrogen (secondary N) is 2. The maximum absolute atomic E-state index is 12.3. The summed E-state index contributed by atoms with van der Waals surface area (Å²) in [5.41, 5.74) is 1.32. The van der Waals surface area contributed by atoms with Gasteiger partial charge in [-0.05, 0) is 56.6 Å². The molecule has 1 saturated heterocycles. The molecule has 1 fully saturated rings. The molecule has 0 unspecified atom stereocenters. The molecule has 2 N–H and O–H groups in total. The van der Waals surface area contributed by atoms with Gasteiger partial charge >= 0.3 is 6.61 Å². The lowest BCUT2D eigenvalue weighted by molar-refractivity contribution is -0.0502. The molecule has 1 aliphatic rings. The molecule has 138 valence electrons. The number of anilines is 1. The zero-order valence-corrected chi connectivity index (χ0v) is 14.3. The first kappa shape index (κ1) is 18.2. The molecule has 1 aliphatic heterocycles. The van der Waals surface area contributed by atoms with E-state index < -0.39 is 6.61 Å². The average molecular weight is 362 g/mol. The quantitative estimate of drug-likeness (QED) is 0.855. The van der Waals surface area contributed by atoms with Crippen LogP contribution in [-0.2, 0) is 0 Å². The van der Waals surface area contributed by atoms with Crippen LogP contribution in [0, 0.1) is 6.92 Å². The number of amides is 1. The highest BCUT2D eigenvalue weighted by Gasteiger charge is 2.18. The minimum atomic E-state index is -2.88. The first-order valence-electron chi connectivity index (χ1n) is 8.42. The number of carbonyl (C=O) groups is 1. The first-order valence-corrected chi connectivity index (χ1v) is 8.42. The van der Waals surface area contributed by atoms with Crippen molar-refractivity contribution in [1.82, 2.24) is 15.3 Å². The molecule has 2 aromatic rings. The van der Waals surface area contributed by atoms with Gasteiger partial charge in [-0.1, -0.05) is 0 Å². The van der Waals surface area contributed by atoms with Crippen molar-refractivity contribution in [2.24, 2.45) is 0 Å². The molecule has 3 rings (SSSR count). The third-order valence-corrected chi connectivity index (χ3v) is 4.29. The Kier molecular flexibility index (Phi) is 5.72. The molecule has 0 saturated carbocycles. The zero-order valence-electron chi connectivity index (χ0n) is 14.3. The zero-order chi connectivity index (χ0) is 18.5. The van der Waals surface area contributed by atoms with Crippen LogP contribution in [0.2, 0.25) is 0 Å². The van der Waals surface area contributed by atoms with Crippen LogP contribution in [0.15, 0.2) is 30.6 Å². The van der Waals surface area contributed by atoms with Crippen LogP contribution in [0.3, 0.4) is 0 Å². The predicted octanol–water partition coefficient (Wildman–Crippen LogP) is 3.11. The van der Waals surface area contributed by atoms with Gasteiger partial charge in [-0.3, -0.25) is 4.79 Å². The van der Waals surface area contributed by atoms with E-state index in [9.17, 15) is 13.6 Å². The lowest BCUT2D eigenvalue weighted by atomic mass is 9.97. The van der Waals surface area contributed by atoms with Gasteiger partial charge in [0.2, 0.25) is 0 Å². The lowest BCUT2D eigenvalue weighted by Gasteiger charge is -2.21. The van der Waals surface area contributed by atoms with Gasteiger partial charge in [0, 0.05) is 24.0 Å². The summed E-state index contributed by atoms with van der Waals surface area (Å²) in [6.45, 7) is 0.635. The lowest BCUT2D eigenvalue weighted by Crippen LogP contribution is -2.27. The van der Waals surface area contributed by atoms with E-state index in [1.54, 1.807) is 13.0 Å². The summed E-state index contributed by atoms with van der Waals surface area (Å²) in [5, 5.41) is 6.00. The van der Waals surface area contributed by atoms with Gasteiger partial charge in [-0.2, -0.15) is 8.78 Å². The highest BCUT2D eigenvalue weighted by Crippen LogP contribution is 2.24. The van der Waals surface area contributed by atoms with Crippen molar-refractivity contribution in [3.05, 3.63) is 47.5 Å². The molecule has 0 radical (unpaired) electrons. The molecule has 26 heavy (non-hydrogen) atoms. The van der Waals surface area contributed by atoms with Crippen molar-refractivity contribution >= 4 is 11.6 Å². The number of hydrogen-bond donors (Lipinski definition) is 2. The molecule has 1 amide bonds. The second-order valence-corrected chi connectivity index (χ2v) is 6.17. The number of nitrogens with zero attached hydrogens (tertiary/aromatic N) is 2. The minimum Gasteiger partial charge on any atom is -0.435 e. The van der Waals surface area contributed by atoms with E-state index in [1.165, 1.54) is 24.5 Å². The number of piperidine rings is 1. The summed E-state index contributed by atoms with van der Waals surface area (Å²) in [6, 6.07) is 4.47. The van der Waals surface area contributed by atoms with Crippen LogP contribution in [-0.4, -0.2) is 35.6 Å². The predicted molar refractivity (Wildman–Crippen MR) is 92.6 cm³/mol. The van der Waals surface area contributed by atoms with Crippen molar-refractivity contribution in [3.8, 4) is 5.75 Å². The molecule has 0 spiro atoms. The molecule has 6 nitrogen and oxygen atoms in total. The summed E-state index contributed by atoms with van der Waals surface area (Å²) in [5.74, 6) is 0.794. The third-order valence-electron chi connectivity index (χ3n) is 4.29. The molecule has 1 aromatic heterocycles.